The molecule has 0 spiro atoms. The number of pyridine rings is 1. The zero-order valence-corrected chi connectivity index (χ0v) is 19.0. The highest BCUT2D eigenvalue weighted by Gasteiger charge is 2.21. The van der Waals surface area contributed by atoms with Crippen molar-refractivity contribution >= 4 is 17.7 Å². The van der Waals surface area contributed by atoms with E-state index in [9.17, 15) is 24.6 Å². The normalized spacial score (nSPS) is 11.6. The monoisotopic (exact) mass is 449 g/mol. The number of benzene rings is 2. The molecule has 33 heavy (non-hydrogen) atoms. The van der Waals surface area contributed by atoms with E-state index in [2.05, 4.69) is 10.6 Å². The van der Waals surface area contributed by atoms with E-state index in [4.69, 9.17) is 0 Å². The van der Waals surface area contributed by atoms with Gasteiger partial charge in [0.1, 0.15) is 5.75 Å². The highest BCUT2D eigenvalue weighted by atomic mass is 16.4. The zero-order chi connectivity index (χ0) is 24.3. The van der Waals surface area contributed by atoms with Crippen molar-refractivity contribution < 1.29 is 19.8 Å². The molecule has 8 nitrogen and oxygen atoms in total. The van der Waals surface area contributed by atoms with Gasteiger partial charge in [0.2, 0.25) is 0 Å². The number of hydrogen-bond donors (Lipinski definition) is 4. The number of carboxylic acids is 1. The smallest absolute Gasteiger partial charge is 0.319 e. The Morgan fingerprint density at radius 2 is 1.76 bits per heavy atom. The molecule has 0 saturated heterocycles. The lowest BCUT2D eigenvalue weighted by Crippen LogP contribution is -2.36. The van der Waals surface area contributed by atoms with E-state index >= 15 is 0 Å². The molecule has 1 atom stereocenters. The number of carbonyl (C=O) groups is 2. The average molecular weight is 450 g/mol. The van der Waals surface area contributed by atoms with Gasteiger partial charge in [-0.25, -0.2) is 4.79 Å². The number of anilines is 1. The maximum Gasteiger partial charge on any atom is 0.319 e. The molecule has 2 amide bonds. The number of carbonyl (C=O) groups excluding carboxylic acids is 1. The maximum absolute atomic E-state index is 12.7. The first kappa shape index (κ1) is 23.6. The van der Waals surface area contributed by atoms with Crippen molar-refractivity contribution in [2.24, 2.45) is 7.05 Å². The fraction of sp³-hybridized carbons (Fsp3) is 0.240. The van der Waals surface area contributed by atoms with Crippen LogP contribution < -0.4 is 16.2 Å². The van der Waals surface area contributed by atoms with Gasteiger partial charge in [0.25, 0.3) is 5.56 Å². The van der Waals surface area contributed by atoms with Crippen LogP contribution in [0.2, 0.25) is 0 Å². The van der Waals surface area contributed by atoms with E-state index in [1.165, 1.54) is 17.8 Å². The topological polar surface area (TPSA) is 121 Å². The number of amides is 2. The fourth-order valence-corrected chi connectivity index (χ4v) is 3.72. The average Bonchev–Trinajstić information content (AvgIpc) is 2.76. The minimum absolute atomic E-state index is 0.270. The molecular weight excluding hydrogens is 422 g/mol. The van der Waals surface area contributed by atoms with Gasteiger partial charge in [0.05, 0.1) is 12.5 Å². The third-order valence-corrected chi connectivity index (χ3v) is 5.66. The van der Waals surface area contributed by atoms with Crippen LogP contribution in [0.4, 0.5) is 10.5 Å². The molecule has 172 valence electrons. The summed E-state index contributed by atoms with van der Waals surface area (Å²) in [5, 5.41) is 24.6. The molecular formula is C25H27N3O5. The van der Waals surface area contributed by atoms with E-state index in [1.807, 2.05) is 50.2 Å². The van der Waals surface area contributed by atoms with E-state index in [0.29, 0.717) is 11.1 Å². The highest BCUT2D eigenvalue weighted by Crippen LogP contribution is 2.29. The molecule has 0 bridgehead atoms. The van der Waals surface area contributed by atoms with Crippen LogP contribution in [0.15, 0.2) is 53.5 Å². The van der Waals surface area contributed by atoms with E-state index < -0.39 is 23.6 Å². The second kappa shape index (κ2) is 9.60. The number of aryl methyl sites for hydroxylation is 3. The Hall–Kier alpha value is -4.07. The number of rotatable bonds is 6. The van der Waals surface area contributed by atoms with Crippen molar-refractivity contribution in [3.05, 3.63) is 81.3 Å². The summed E-state index contributed by atoms with van der Waals surface area (Å²) in [6, 6.07) is 11.6. The Kier molecular flexibility index (Phi) is 6.86. The van der Waals surface area contributed by atoms with Gasteiger partial charge in [-0.2, -0.15) is 0 Å². The quantitative estimate of drug-likeness (QED) is 0.453. The number of nitrogens with zero attached hydrogens (tertiary/aromatic N) is 1. The van der Waals surface area contributed by atoms with Crippen molar-refractivity contribution in [2.45, 2.75) is 33.2 Å². The van der Waals surface area contributed by atoms with Crippen molar-refractivity contribution in [1.29, 1.82) is 0 Å². The van der Waals surface area contributed by atoms with Crippen LogP contribution in [0.3, 0.4) is 0 Å². The Labute approximate surface area is 191 Å². The van der Waals surface area contributed by atoms with Gasteiger partial charge in [0, 0.05) is 18.8 Å². The number of nitrogens with one attached hydrogen (secondary N) is 2. The molecule has 0 aliphatic heterocycles. The molecule has 0 fully saturated rings. The SMILES string of the molecule is Cc1cccc(-c2cccc(C(CC(=O)O)NC(=O)Nc3c(O)c(C)cn(C)c3=O)c2)c1C. The molecule has 8 heteroatoms. The molecule has 0 radical (unpaired) electrons. The van der Waals surface area contributed by atoms with Crippen molar-refractivity contribution in [3.8, 4) is 16.9 Å². The molecule has 1 aromatic heterocycles. The largest absolute Gasteiger partial charge is 0.505 e. The predicted octanol–water partition coefficient (Wildman–Crippen LogP) is 4.02. The Balaban J connectivity index is 1.91. The first-order valence-electron chi connectivity index (χ1n) is 10.4. The van der Waals surface area contributed by atoms with Crippen LogP contribution in [-0.2, 0) is 11.8 Å². The van der Waals surface area contributed by atoms with Gasteiger partial charge in [-0.1, -0.05) is 36.4 Å². The highest BCUT2D eigenvalue weighted by molar-refractivity contribution is 5.91. The summed E-state index contributed by atoms with van der Waals surface area (Å²) < 4.78 is 1.24. The van der Waals surface area contributed by atoms with Crippen LogP contribution in [0.5, 0.6) is 5.75 Å². The predicted molar refractivity (Wildman–Crippen MR) is 127 cm³/mol. The van der Waals surface area contributed by atoms with Gasteiger partial charge < -0.3 is 25.4 Å². The number of hydrogen-bond acceptors (Lipinski definition) is 4. The molecule has 2 aromatic carbocycles. The van der Waals surface area contributed by atoms with Gasteiger partial charge >= 0.3 is 12.0 Å². The molecule has 0 saturated carbocycles. The van der Waals surface area contributed by atoms with E-state index in [-0.39, 0.29) is 17.9 Å². The molecule has 1 unspecified atom stereocenters. The fourth-order valence-electron chi connectivity index (χ4n) is 3.72. The third kappa shape index (κ3) is 5.23. The first-order valence-corrected chi connectivity index (χ1v) is 10.4. The molecule has 0 aliphatic rings. The third-order valence-electron chi connectivity index (χ3n) is 5.66. The second-order valence-corrected chi connectivity index (χ2v) is 8.07. The Morgan fingerprint density at radius 3 is 2.45 bits per heavy atom. The Bertz CT molecular complexity index is 1280. The first-order chi connectivity index (χ1) is 15.6. The van der Waals surface area contributed by atoms with Gasteiger partial charge in [-0.15, -0.1) is 0 Å². The summed E-state index contributed by atoms with van der Waals surface area (Å²) in [5.74, 6) is -1.42. The second-order valence-electron chi connectivity index (χ2n) is 8.07. The van der Waals surface area contributed by atoms with Crippen LogP contribution in [0.25, 0.3) is 11.1 Å². The lowest BCUT2D eigenvalue weighted by atomic mass is 9.94. The van der Waals surface area contributed by atoms with Crippen LogP contribution >= 0.6 is 0 Å². The number of carboxylic acid groups (broad SMARTS) is 1. The van der Waals surface area contributed by atoms with Crippen molar-refractivity contribution in [3.63, 3.8) is 0 Å². The minimum Gasteiger partial charge on any atom is -0.505 e. The minimum atomic E-state index is -1.09. The van der Waals surface area contributed by atoms with Crippen LogP contribution in [0.1, 0.15) is 34.7 Å². The lowest BCUT2D eigenvalue weighted by Gasteiger charge is -2.20. The molecule has 4 N–H and O–H groups in total. The molecule has 1 heterocycles. The molecule has 3 aromatic rings. The molecule has 0 aliphatic carbocycles. The van der Waals surface area contributed by atoms with Gasteiger partial charge in [-0.05, 0) is 54.7 Å². The zero-order valence-electron chi connectivity index (χ0n) is 19.0. The lowest BCUT2D eigenvalue weighted by molar-refractivity contribution is -0.137. The summed E-state index contributed by atoms with van der Waals surface area (Å²) in [6.07, 6.45) is 1.09. The van der Waals surface area contributed by atoms with Gasteiger partial charge in [-0.3, -0.25) is 9.59 Å². The number of aromatic hydroxyl groups is 1. The van der Waals surface area contributed by atoms with E-state index in [0.717, 1.165) is 22.3 Å². The number of aliphatic carboxylic acids is 1. The molecule has 3 rings (SSSR count). The van der Waals surface area contributed by atoms with Crippen molar-refractivity contribution in [1.82, 2.24) is 9.88 Å². The summed E-state index contributed by atoms with van der Waals surface area (Å²) in [7, 11) is 1.50. The Morgan fingerprint density at radius 1 is 1.06 bits per heavy atom. The van der Waals surface area contributed by atoms with Crippen LogP contribution in [-0.4, -0.2) is 26.8 Å². The van der Waals surface area contributed by atoms with E-state index in [1.54, 1.807) is 13.0 Å². The van der Waals surface area contributed by atoms with Crippen molar-refractivity contribution in [2.75, 3.05) is 5.32 Å². The van der Waals surface area contributed by atoms with Gasteiger partial charge in [0.15, 0.2) is 5.69 Å². The van der Waals surface area contributed by atoms with Crippen LogP contribution in [0, 0.1) is 20.8 Å². The maximum atomic E-state index is 12.7. The summed E-state index contributed by atoms with van der Waals surface area (Å²) >= 11 is 0. The number of urea groups is 1. The summed E-state index contributed by atoms with van der Waals surface area (Å²) in [4.78, 5) is 36.5. The summed E-state index contributed by atoms with van der Waals surface area (Å²) in [5.41, 5.74) is 4.33. The standard InChI is InChI=1S/C25H27N3O5/c1-14-7-5-10-19(16(14)3)17-8-6-9-18(11-17)20(12-21(29)30)26-25(33)27-22-23(31)15(2)13-28(4)24(22)32/h5-11,13,20,31H,12H2,1-4H3,(H,29,30)(H2,26,27,33). The summed E-state index contributed by atoms with van der Waals surface area (Å²) in [6.45, 7) is 5.64. The number of aromatic nitrogens is 1.